The topological polar surface area (TPSA) is 51.8 Å². The number of rotatable bonds is 8. The predicted molar refractivity (Wildman–Crippen MR) is 299 cm³/mol. The lowest BCUT2D eigenvalue weighted by molar-refractivity contribution is -0.757. The van der Waals surface area contributed by atoms with Gasteiger partial charge in [-0.05, 0) is 143 Å². The Labute approximate surface area is 433 Å². The van der Waals surface area contributed by atoms with Gasteiger partial charge in [-0.3, -0.25) is 0 Å². The van der Waals surface area contributed by atoms with Crippen LogP contribution < -0.4 is 13.7 Å². The lowest BCUT2D eigenvalue weighted by atomic mass is 10.1. The Bertz CT molecular complexity index is 2230. The Kier molecular flexibility index (Phi) is 21.3. The first-order valence-corrected chi connectivity index (χ1v) is 27.4. The van der Waals surface area contributed by atoms with Gasteiger partial charge in [-0.2, -0.15) is 13.7 Å². The molecule has 0 N–H and O–H groups in total. The highest BCUT2D eigenvalue weighted by molar-refractivity contribution is 8.02. The van der Waals surface area contributed by atoms with Crippen LogP contribution >= 0.6 is 45.8 Å². The molecule has 3 aromatic rings. The molecule has 12 heteroatoms. The van der Waals surface area contributed by atoms with Gasteiger partial charge in [-0.1, -0.05) is 40.6 Å². The second kappa shape index (κ2) is 23.0. The Balaban J connectivity index is 0.000000454. The number of ether oxygens (including phenoxy) is 4. The van der Waals surface area contributed by atoms with Gasteiger partial charge in [-0.25, -0.2) is 0 Å². The third-order valence-electron chi connectivity index (χ3n) is 9.36. The molecule has 1 aliphatic heterocycles. The first kappa shape index (κ1) is 63.0. The van der Waals surface area contributed by atoms with Gasteiger partial charge in [-0.15, -0.1) is 11.8 Å². The highest BCUT2D eigenvalue weighted by Gasteiger charge is 2.37. The molecule has 0 fully saturated rings. The van der Waals surface area contributed by atoms with Gasteiger partial charge >= 0.3 is 0 Å². The number of aryl methyl sites for hydroxylation is 4. The van der Waals surface area contributed by atoms with Crippen LogP contribution in [0, 0.1) is 27.7 Å². The van der Waals surface area contributed by atoms with E-state index in [4.69, 9.17) is 18.9 Å². The molecule has 0 radical (unpaired) electrons. The molecule has 0 bridgehead atoms. The highest BCUT2D eigenvalue weighted by Crippen LogP contribution is 2.36. The third kappa shape index (κ3) is 20.3. The molecular formula is C56H97N4O4S4+3. The van der Waals surface area contributed by atoms with Crippen molar-refractivity contribution in [2.75, 3.05) is 5.88 Å². The second-order valence-electron chi connectivity index (χ2n) is 25.3. The van der Waals surface area contributed by atoms with Crippen molar-refractivity contribution in [3.8, 4) is 0 Å². The van der Waals surface area contributed by atoms with Gasteiger partial charge in [0.05, 0.1) is 26.7 Å². The van der Waals surface area contributed by atoms with Crippen LogP contribution in [-0.2, 0) is 35.6 Å². The van der Waals surface area contributed by atoms with Crippen LogP contribution in [0.5, 0.6) is 0 Å². The highest BCUT2D eigenvalue weighted by atomic mass is 32.2. The van der Waals surface area contributed by atoms with Crippen LogP contribution in [0.15, 0.2) is 54.1 Å². The van der Waals surface area contributed by atoms with Crippen molar-refractivity contribution in [3.63, 3.8) is 0 Å². The van der Waals surface area contributed by atoms with Crippen molar-refractivity contribution in [2.45, 2.75) is 238 Å². The van der Waals surface area contributed by atoms with E-state index >= 15 is 0 Å². The molecule has 4 heterocycles. The minimum absolute atomic E-state index is 0.0361. The standard InChI is InChI=1S/C15H26NOS.2C14H24NOS.C13H23NOS/c1-10(17-15(7,8)9)13-11(2)18-12(3)16(13)14(4,5)6;1-10(16-14(6,7)8)12-11(2)17-9-15(12)13(3,4)5;1-10(16-14(6,7)8)12-9-17-11(2)15(12)13(3,4)5;1-10(15-13(5,6)7)11-8-16-9-14(11)12(2,3)4/h1H2,2-9H3;2*9H,1H2,2-8H3;8H,1,9H2,2-7H3/q3*+1;. The summed E-state index contributed by atoms with van der Waals surface area (Å²) in [6.45, 7) is 75.7. The minimum atomic E-state index is -0.213. The fraction of sp³-hybridized carbons (Fsp3) is 0.661. The summed E-state index contributed by atoms with van der Waals surface area (Å²) in [5.74, 6) is 4.01. The van der Waals surface area contributed by atoms with Crippen molar-refractivity contribution in [1.29, 1.82) is 0 Å². The van der Waals surface area contributed by atoms with Crippen LogP contribution in [0.1, 0.15) is 203 Å². The quantitative estimate of drug-likeness (QED) is 0.166. The molecule has 0 spiro atoms. The minimum Gasteiger partial charge on any atom is -0.487 e. The summed E-state index contributed by atoms with van der Waals surface area (Å²) in [5.41, 5.74) is 6.00. The average Bonchev–Trinajstić information content (AvgIpc) is 3.86. The fourth-order valence-corrected chi connectivity index (χ4v) is 11.6. The summed E-state index contributed by atoms with van der Waals surface area (Å²) in [6.07, 6.45) is 0. The number of thiazole rings is 3. The van der Waals surface area contributed by atoms with E-state index in [1.54, 1.807) is 45.8 Å². The van der Waals surface area contributed by atoms with E-state index < -0.39 is 0 Å². The van der Waals surface area contributed by atoms with Gasteiger partial charge in [0, 0.05) is 81.7 Å². The maximum absolute atomic E-state index is 5.95. The molecule has 0 aliphatic carbocycles. The van der Waals surface area contributed by atoms with E-state index in [-0.39, 0.29) is 44.6 Å². The summed E-state index contributed by atoms with van der Waals surface area (Å²) in [5, 5.41) is 6.81. The molecule has 0 atom stereocenters. The fourth-order valence-electron chi connectivity index (χ4n) is 7.21. The van der Waals surface area contributed by atoms with Crippen LogP contribution in [0.2, 0.25) is 0 Å². The van der Waals surface area contributed by atoms with Crippen molar-refractivity contribution in [3.05, 3.63) is 90.9 Å². The summed E-state index contributed by atoms with van der Waals surface area (Å²) < 4.78 is 30.4. The van der Waals surface area contributed by atoms with Gasteiger partial charge in [0.25, 0.3) is 17.1 Å². The summed E-state index contributed by atoms with van der Waals surface area (Å²) in [4.78, 5) is 4.83. The molecule has 8 nitrogen and oxygen atoms in total. The maximum atomic E-state index is 5.95. The molecule has 0 unspecified atom stereocenters. The Hall–Kier alpha value is -3.06. The second-order valence-corrected chi connectivity index (χ2v) is 29.7. The zero-order chi connectivity index (χ0) is 53.7. The monoisotopic (exact) mass is 1020 g/mol. The Morgan fingerprint density at radius 2 is 0.912 bits per heavy atom. The first-order chi connectivity index (χ1) is 30.1. The normalized spacial score (nSPS) is 13.8. The molecule has 0 amide bonds. The van der Waals surface area contributed by atoms with E-state index in [1.165, 1.54) is 19.8 Å². The summed E-state index contributed by atoms with van der Waals surface area (Å²) in [7, 11) is 0. The Morgan fingerprint density at radius 3 is 1.31 bits per heavy atom. The average molecular weight is 1020 g/mol. The molecule has 1 aliphatic rings. The molecule has 0 aromatic carbocycles. The zero-order valence-corrected chi connectivity index (χ0v) is 51.6. The molecule has 0 saturated carbocycles. The Morgan fingerprint density at radius 1 is 0.500 bits per heavy atom. The van der Waals surface area contributed by atoms with Crippen LogP contribution in [-0.4, -0.2) is 38.7 Å². The molecular weight excluding hydrogens is 921 g/mol. The number of aromatic nitrogens is 3. The van der Waals surface area contributed by atoms with Gasteiger partial charge in [0.1, 0.15) is 28.2 Å². The molecule has 3 aromatic heterocycles. The van der Waals surface area contributed by atoms with Gasteiger partial charge in [0.2, 0.25) is 15.5 Å². The number of thioether (sulfide) groups is 1. The first-order valence-electron chi connectivity index (χ1n) is 23.7. The van der Waals surface area contributed by atoms with Crippen LogP contribution in [0.4, 0.5) is 0 Å². The van der Waals surface area contributed by atoms with Gasteiger partial charge < -0.3 is 23.8 Å². The van der Waals surface area contributed by atoms with Crippen molar-refractivity contribution >= 4 is 63.0 Å². The number of hydrogen-bond acceptors (Lipinski definition) is 9. The largest absolute Gasteiger partial charge is 0.487 e. The molecule has 4 rings (SSSR count). The SMILES string of the molecule is C=C(OC(C)(C)C)C1=CSCN1C(C)(C)C.C=C(OC(C)(C)C)c1c(C)sc(C)[n+]1C(C)(C)C.C=C(OC(C)(C)C)c1c(C)sc[n+]1C(C)(C)C.C=C(OC(C)(C)C)c1csc(C)[n+]1C(C)(C)C. The molecule has 0 saturated heterocycles. The van der Waals surface area contributed by atoms with E-state index in [0.717, 1.165) is 51.7 Å². The molecule has 68 heavy (non-hydrogen) atoms. The molecule has 386 valence electrons. The van der Waals surface area contributed by atoms with Crippen molar-refractivity contribution in [2.24, 2.45) is 0 Å². The van der Waals surface area contributed by atoms with Crippen LogP contribution in [0.3, 0.4) is 0 Å². The zero-order valence-electron chi connectivity index (χ0n) is 48.3. The maximum Gasteiger partial charge on any atom is 0.261 e. The van der Waals surface area contributed by atoms with E-state index in [0.29, 0.717) is 0 Å². The summed E-state index contributed by atoms with van der Waals surface area (Å²) >= 11 is 7.06. The van der Waals surface area contributed by atoms with E-state index in [2.05, 4.69) is 172 Å². The van der Waals surface area contributed by atoms with E-state index in [9.17, 15) is 0 Å². The lowest BCUT2D eigenvalue weighted by Crippen LogP contribution is -2.53. The number of nitrogens with zero attached hydrogens (tertiary/aromatic N) is 4. The van der Waals surface area contributed by atoms with Gasteiger partial charge in [0.15, 0.2) is 33.9 Å². The van der Waals surface area contributed by atoms with Crippen molar-refractivity contribution in [1.82, 2.24) is 4.90 Å². The number of hydrogen-bond donors (Lipinski definition) is 0. The third-order valence-corrected chi connectivity index (χ3v) is 12.9. The smallest absolute Gasteiger partial charge is 0.261 e. The van der Waals surface area contributed by atoms with Crippen LogP contribution in [0.25, 0.3) is 17.3 Å². The predicted octanol–water partition coefficient (Wildman–Crippen LogP) is 15.9. The summed E-state index contributed by atoms with van der Waals surface area (Å²) in [6, 6.07) is 0. The lowest BCUT2D eigenvalue weighted by Gasteiger charge is -2.37. The van der Waals surface area contributed by atoms with E-state index in [1.807, 2.05) is 83.1 Å². The van der Waals surface area contributed by atoms with Crippen molar-refractivity contribution < 1.29 is 32.6 Å².